The molecular formula is C15H21N3O3S2. The Morgan fingerprint density at radius 2 is 1.96 bits per heavy atom. The van der Waals surface area contributed by atoms with E-state index in [1.807, 2.05) is 0 Å². The maximum Gasteiger partial charge on any atom is 0.244 e. The van der Waals surface area contributed by atoms with Crippen molar-refractivity contribution in [3.05, 3.63) is 18.3 Å². The molecule has 0 saturated carbocycles. The van der Waals surface area contributed by atoms with Gasteiger partial charge in [0, 0.05) is 25.8 Å². The van der Waals surface area contributed by atoms with Crippen LogP contribution in [0.1, 0.15) is 32.1 Å². The van der Waals surface area contributed by atoms with Crippen LogP contribution in [0.3, 0.4) is 0 Å². The number of hydrogen-bond acceptors (Lipinski definition) is 5. The number of pyridine rings is 1. The van der Waals surface area contributed by atoms with Gasteiger partial charge in [-0.05, 0) is 37.8 Å². The Morgan fingerprint density at radius 1 is 1.17 bits per heavy atom. The third kappa shape index (κ3) is 3.87. The normalized spacial score (nSPS) is 23.5. The molecule has 1 N–H and O–H groups in total. The fourth-order valence-corrected chi connectivity index (χ4v) is 5.33. The van der Waals surface area contributed by atoms with Gasteiger partial charge in [0.1, 0.15) is 4.90 Å². The summed E-state index contributed by atoms with van der Waals surface area (Å²) in [5.74, 6) is 0.0445. The van der Waals surface area contributed by atoms with E-state index in [4.69, 9.17) is 0 Å². The van der Waals surface area contributed by atoms with Gasteiger partial charge in [0.05, 0.1) is 10.3 Å². The summed E-state index contributed by atoms with van der Waals surface area (Å²) in [6.45, 7) is 1.90. The van der Waals surface area contributed by atoms with E-state index in [0.717, 1.165) is 38.6 Å². The monoisotopic (exact) mass is 355 g/mol. The number of thioether (sulfide) groups is 1. The Bertz CT molecular complexity index is 655. The lowest BCUT2D eigenvalue weighted by Crippen LogP contribution is -2.30. The fourth-order valence-electron chi connectivity index (χ4n) is 2.84. The zero-order valence-electron chi connectivity index (χ0n) is 12.9. The van der Waals surface area contributed by atoms with Crippen LogP contribution in [0, 0.1) is 0 Å². The number of aromatic nitrogens is 1. The highest BCUT2D eigenvalue weighted by atomic mass is 32.2. The number of nitrogens with zero attached hydrogens (tertiary/aromatic N) is 2. The lowest BCUT2D eigenvalue weighted by atomic mass is 10.2. The predicted molar refractivity (Wildman–Crippen MR) is 88.7 cm³/mol. The second kappa shape index (κ2) is 7.19. The summed E-state index contributed by atoms with van der Waals surface area (Å²) in [5, 5.41) is 3.44. The molecule has 0 bridgehead atoms. The summed E-state index contributed by atoms with van der Waals surface area (Å²) in [4.78, 5) is 16.4. The molecule has 6 nitrogen and oxygen atoms in total. The minimum absolute atomic E-state index is 0.0445. The highest BCUT2D eigenvalue weighted by Crippen LogP contribution is 2.28. The number of nitrogens with one attached hydrogen (secondary N) is 1. The molecular weight excluding hydrogens is 334 g/mol. The van der Waals surface area contributed by atoms with Crippen molar-refractivity contribution in [2.24, 2.45) is 0 Å². The van der Waals surface area contributed by atoms with Gasteiger partial charge in [0.25, 0.3) is 0 Å². The van der Waals surface area contributed by atoms with Crippen LogP contribution >= 0.6 is 11.8 Å². The van der Waals surface area contributed by atoms with Gasteiger partial charge in [-0.2, -0.15) is 4.31 Å². The van der Waals surface area contributed by atoms with Crippen molar-refractivity contribution in [1.29, 1.82) is 0 Å². The van der Waals surface area contributed by atoms with Crippen molar-refractivity contribution in [1.82, 2.24) is 14.6 Å². The average molecular weight is 355 g/mol. The predicted octanol–water partition coefficient (Wildman–Crippen LogP) is 1.63. The van der Waals surface area contributed by atoms with Gasteiger partial charge in [0.2, 0.25) is 15.9 Å². The molecule has 1 atom stereocenters. The topological polar surface area (TPSA) is 79.4 Å². The molecule has 8 heteroatoms. The fraction of sp³-hybridized carbons (Fsp3) is 0.600. The van der Waals surface area contributed by atoms with Crippen molar-refractivity contribution < 1.29 is 13.2 Å². The first-order valence-corrected chi connectivity index (χ1v) is 10.3. The summed E-state index contributed by atoms with van der Waals surface area (Å²) in [5.41, 5.74) is 0. The lowest BCUT2D eigenvalue weighted by Gasteiger charge is -2.16. The number of carbonyl (C=O) groups excluding carboxylic acids is 1. The standard InChI is InChI=1S/C15H21N3O3S2/c19-15-13(5-1-2-8-16-15)22-14-7-6-12(11-17-14)23(20,21)18-9-3-4-10-18/h6-7,11,13H,1-5,8-10H2,(H,16,19). The third-order valence-electron chi connectivity index (χ3n) is 4.16. The van der Waals surface area contributed by atoms with E-state index in [9.17, 15) is 13.2 Å². The first kappa shape index (κ1) is 16.7. The van der Waals surface area contributed by atoms with Gasteiger partial charge < -0.3 is 5.32 Å². The maximum atomic E-state index is 12.4. The zero-order chi connectivity index (χ0) is 16.3. The molecule has 0 aliphatic carbocycles. The van der Waals surface area contributed by atoms with Gasteiger partial charge >= 0.3 is 0 Å². The number of rotatable bonds is 4. The van der Waals surface area contributed by atoms with Crippen molar-refractivity contribution in [3.8, 4) is 0 Å². The van der Waals surface area contributed by atoms with Crippen LogP contribution in [0.25, 0.3) is 0 Å². The van der Waals surface area contributed by atoms with Gasteiger partial charge in [-0.3, -0.25) is 4.79 Å². The van der Waals surface area contributed by atoms with Gasteiger partial charge in [-0.25, -0.2) is 13.4 Å². The second-order valence-electron chi connectivity index (χ2n) is 5.84. The third-order valence-corrected chi connectivity index (χ3v) is 7.26. The lowest BCUT2D eigenvalue weighted by molar-refractivity contribution is -0.120. The van der Waals surface area contributed by atoms with Crippen LogP contribution in [0.2, 0.25) is 0 Å². The Kier molecular flexibility index (Phi) is 5.23. The molecule has 23 heavy (non-hydrogen) atoms. The Labute approximate surface area is 141 Å². The van der Waals surface area contributed by atoms with Crippen LogP contribution < -0.4 is 5.32 Å². The molecule has 0 aromatic carbocycles. The molecule has 1 unspecified atom stereocenters. The van der Waals surface area contributed by atoms with Crippen molar-refractivity contribution in [3.63, 3.8) is 0 Å². The van der Waals surface area contributed by atoms with Crippen molar-refractivity contribution >= 4 is 27.7 Å². The molecule has 2 aliphatic heterocycles. The van der Waals surface area contributed by atoms with Crippen molar-refractivity contribution in [2.45, 2.75) is 47.3 Å². The summed E-state index contributed by atoms with van der Waals surface area (Å²) in [7, 11) is -3.42. The number of carbonyl (C=O) groups is 1. The molecule has 2 fully saturated rings. The second-order valence-corrected chi connectivity index (χ2v) is 9.00. The van der Waals surface area contributed by atoms with E-state index in [1.54, 1.807) is 12.1 Å². The molecule has 2 saturated heterocycles. The van der Waals surface area contributed by atoms with Gasteiger partial charge in [0.15, 0.2) is 0 Å². The van der Waals surface area contributed by atoms with E-state index in [2.05, 4.69) is 10.3 Å². The molecule has 3 heterocycles. The largest absolute Gasteiger partial charge is 0.355 e. The Hall–Kier alpha value is -1.12. The highest BCUT2D eigenvalue weighted by molar-refractivity contribution is 8.00. The highest BCUT2D eigenvalue weighted by Gasteiger charge is 2.28. The van der Waals surface area contributed by atoms with E-state index >= 15 is 0 Å². The van der Waals surface area contributed by atoms with Crippen LogP contribution in [0.15, 0.2) is 28.3 Å². The summed E-state index contributed by atoms with van der Waals surface area (Å²) in [6.07, 6.45) is 6.08. The van der Waals surface area contributed by atoms with Gasteiger partial charge in [-0.1, -0.05) is 18.2 Å². The SMILES string of the molecule is O=C1NCCCCC1Sc1ccc(S(=O)(=O)N2CCCC2)cn1. The molecule has 126 valence electrons. The van der Waals surface area contributed by atoms with E-state index in [1.165, 1.54) is 22.3 Å². The first-order chi connectivity index (χ1) is 11.1. The molecule has 1 amide bonds. The molecule has 0 spiro atoms. The molecule has 0 radical (unpaired) electrons. The molecule has 1 aromatic heterocycles. The summed E-state index contributed by atoms with van der Waals surface area (Å²) < 4.78 is 26.4. The summed E-state index contributed by atoms with van der Waals surface area (Å²) >= 11 is 1.41. The minimum Gasteiger partial charge on any atom is -0.355 e. The van der Waals surface area contributed by atoms with Crippen LogP contribution in [-0.4, -0.2) is 48.5 Å². The molecule has 1 aromatic rings. The number of sulfonamides is 1. The van der Waals surface area contributed by atoms with Gasteiger partial charge in [-0.15, -0.1) is 0 Å². The smallest absolute Gasteiger partial charge is 0.244 e. The quantitative estimate of drug-likeness (QED) is 0.888. The van der Waals surface area contributed by atoms with Crippen molar-refractivity contribution in [2.75, 3.05) is 19.6 Å². The number of hydrogen-bond donors (Lipinski definition) is 1. The molecule has 2 aliphatic rings. The van der Waals surface area contributed by atoms with E-state index in [-0.39, 0.29) is 16.1 Å². The average Bonchev–Trinajstić information content (AvgIpc) is 3.02. The first-order valence-electron chi connectivity index (χ1n) is 7.98. The molecule has 3 rings (SSSR count). The van der Waals surface area contributed by atoms with Crippen LogP contribution in [0.4, 0.5) is 0 Å². The Morgan fingerprint density at radius 3 is 2.65 bits per heavy atom. The maximum absolute atomic E-state index is 12.4. The minimum atomic E-state index is -3.42. The van der Waals surface area contributed by atoms with Crippen LogP contribution in [0.5, 0.6) is 0 Å². The number of amides is 1. The zero-order valence-corrected chi connectivity index (χ0v) is 14.5. The Balaban J connectivity index is 1.70. The van der Waals surface area contributed by atoms with E-state index in [0.29, 0.717) is 18.1 Å². The summed E-state index contributed by atoms with van der Waals surface area (Å²) in [6, 6.07) is 3.30. The van der Waals surface area contributed by atoms with Crippen LogP contribution in [-0.2, 0) is 14.8 Å². The van der Waals surface area contributed by atoms with E-state index < -0.39 is 10.0 Å².